The van der Waals surface area contributed by atoms with Crippen LogP contribution in [-0.4, -0.2) is 44.5 Å². The number of aryl methyl sites for hydroxylation is 1. The third-order valence-electron chi connectivity index (χ3n) is 5.87. The first-order chi connectivity index (χ1) is 16.7. The van der Waals surface area contributed by atoms with Crippen molar-refractivity contribution in [3.05, 3.63) is 48.0 Å². The summed E-state index contributed by atoms with van der Waals surface area (Å²) in [5, 5.41) is 6.35. The summed E-state index contributed by atoms with van der Waals surface area (Å²) in [5.41, 5.74) is 6.24. The first-order valence-electron chi connectivity index (χ1n) is 11.6. The molecular formula is C25H35N5O5S. The maximum atomic E-state index is 12.7. The molecule has 1 fully saturated rings. The van der Waals surface area contributed by atoms with E-state index in [-0.39, 0.29) is 22.0 Å². The number of rotatable bonds is 7. The first-order valence-corrected chi connectivity index (χ1v) is 13.1. The van der Waals surface area contributed by atoms with Gasteiger partial charge in [-0.3, -0.25) is 25.2 Å². The molecule has 0 aromatic heterocycles. The van der Waals surface area contributed by atoms with Crippen molar-refractivity contribution in [1.29, 1.82) is 0 Å². The fraction of sp³-hybridized carbons (Fsp3) is 0.440. The number of piperidine rings is 1. The Morgan fingerprint density at radius 2 is 1.53 bits per heavy atom. The summed E-state index contributed by atoms with van der Waals surface area (Å²) in [6.45, 7) is 10.0. The van der Waals surface area contributed by atoms with Crippen LogP contribution in [0.15, 0.2) is 47.4 Å². The number of anilines is 2. The van der Waals surface area contributed by atoms with Crippen molar-refractivity contribution in [3.63, 3.8) is 0 Å². The second-order valence-corrected chi connectivity index (χ2v) is 12.0. The SMILES string of the molecule is COc1ccc(S(=O)(=O)Nc2ccc(NNC(=O)C(=O)NC3CC(C)(C)NC(C)(C)C3)cc2)cc1C. The summed E-state index contributed by atoms with van der Waals surface area (Å²) >= 11 is 0. The Balaban J connectivity index is 1.54. The van der Waals surface area contributed by atoms with Crippen LogP contribution in [0.5, 0.6) is 5.75 Å². The quantitative estimate of drug-likeness (QED) is 0.281. The van der Waals surface area contributed by atoms with E-state index in [4.69, 9.17) is 4.74 Å². The Labute approximate surface area is 212 Å². The van der Waals surface area contributed by atoms with Crippen molar-refractivity contribution in [2.45, 2.75) is 69.5 Å². The van der Waals surface area contributed by atoms with Gasteiger partial charge in [-0.2, -0.15) is 0 Å². The van der Waals surface area contributed by atoms with E-state index in [1.165, 1.54) is 19.2 Å². The lowest BCUT2D eigenvalue weighted by Gasteiger charge is -2.46. The minimum atomic E-state index is -3.79. The highest BCUT2D eigenvalue weighted by Crippen LogP contribution is 2.28. The summed E-state index contributed by atoms with van der Waals surface area (Å²) in [7, 11) is -2.27. The third kappa shape index (κ3) is 7.11. The Bertz CT molecular complexity index is 1210. The molecule has 0 unspecified atom stereocenters. The van der Waals surface area contributed by atoms with E-state index in [1.54, 1.807) is 37.3 Å². The largest absolute Gasteiger partial charge is 0.496 e. The number of nitrogens with one attached hydrogen (secondary N) is 5. The molecule has 2 amide bonds. The van der Waals surface area contributed by atoms with E-state index in [9.17, 15) is 18.0 Å². The van der Waals surface area contributed by atoms with Gasteiger partial charge in [0.05, 0.1) is 17.7 Å². The minimum absolute atomic E-state index is 0.113. The lowest BCUT2D eigenvalue weighted by molar-refractivity contribution is -0.139. The zero-order chi connectivity index (χ0) is 26.7. The topological polar surface area (TPSA) is 138 Å². The van der Waals surface area contributed by atoms with Gasteiger partial charge in [-0.1, -0.05) is 0 Å². The van der Waals surface area contributed by atoms with Crippen molar-refractivity contribution in [3.8, 4) is 5.75 Å². The number of hydrogen-bond acceptors (Lipinski definition) is 7. The number of methoxy groups -OCH3 is 1. The van der Waals surface area contributed by atoms with Crippen LogP contribution >= 0.6 is 0 Å². The van der Waals surface area contributed by atoms with Crippen molar-refractivity contribution in [2.24, 2.45) is 0 Å². The van der Waals surface area contributed by atoms with Crippen molar-refractivity contribution in [1.82, 2.24) is 16.1 Å². The smallest absolute Gasteiger partial charge is 0.327 e. The molecule has 1 saturated heterocycles. The van der Waals surface area contributed by atoms with E-state index >= 15 is 0 Å². The number of ether oxygens (including phenoxy) is 1. The molecule has 1 heterocycles. The summed E-state index contributed by atoms with van der Waals surface area (Å²) in [6, 6.07) is 10.7. The van der Waals surface area contributed by atoms with Crippen LogP contribution in [0.4, 0.5) is 11.4 Å². The van der Waals surface area contributed by atoms with Gasteiger partial charge >= 0.3 is 11.8 Å². The molecule has 36 heavy (non-hydrogen) atoms. The molecule has 11 heteroatoms. The minimum Gasteiger partial charge on any atom is -0.496 e. The molecule has 0 saturated carbocycles. The van der Waals surface area contributed by atoms with Gasteiger partial charge in [-0.05, 0) is 95.5 Å². The number of hydrazine groups is 1. The second kappa shape index (κ2) is 10.4. The molecule has 1 aliphatic heterocycles. The Morgan fingerprint density at radius 1 is 0.944 bits per heavy atom. The average Bonchev–Trinajstić information content (AvgIpc) is 2.75. The highest BCUT2D eigenvalue weighted by molar-refractivity contribution is 7.92. The lowest BCUT2D eigenvalue weighted by atomic mass is 9.79. The van der Waals surface area contributed by atoms with Crippen LogP contribution in [-0.2, 0) is 19.6 Å². The number of benzene rings is 2. The standard InChI is InChI=1S/C25H35N5O5S/c1-16-13-20(11-12-21(16)35-6)36(33,34)29-18-9-7-17(8-10-18)27-28-23(32)22(31)26-19-14-24(2,3)30-25(4,5)15-19/h7-13,19,27,29-30H,14-15H2,1-6H3,(H,26,31)(H,28,32). The van der Waals surface area contributed by atoms with Crippen LogP contribution in [0, 0.1) is 6.92 Å². The van der Waals surface area contributed by atoms with Gasteiger partial charge in [0.25, 0.3) is 10.0 Å². The van der Waals surface area contributed by atoms with E-state index in [0.29, 0.717) is 35.5 Å². The maximum absolute atomic E-state index is 12.7. The molecule has 196 valence electrons. The van der Waals surface area contributed by atoms with Gasteiger partial charge < -0.3 is 15.4 Å². The molecule has 2 aromatic rings. The number of carbonyl (C=O) groups excluding carboxylic acids is 2. The van der Waals surface area contributed by atoms with Crippen LogP contribution in [0.1, 0.15) is 46.1 Å². The maximum Gasteiger partial charge on any atom is 0.327 e. The molecule has 0 atom stereocenters. The Morgan fingerprint density at radius 3 is 2.08 bits per heavy atom. The second-order valence-electron chi connectivity index (χ2n) is 10.4. The summed E-state index contributed by atoms with van der Waals surface area (Å²) in [4.78, 5) is 24.8. The Hall–Kier alpha value is -3.31. The zero-order valence-corrected chi connectivity index (χ0v) is 22.3. The zero-order valence-electron chi connectivity index (χ0n) is 21.5. The monoisotopic (exact) mass is 517 g/mol. The molecular weight excluding hydrogens is 482 g/mol. The van der Waals surface area contributed by atoms with Gasteiger partial charge in [0.1, 0.15) is 5.75 Å². The van der Waals surface area contributed by atoms with Gasteiger partial charge in [0, 0.05) is 22.8 Å². The van der Waals surface area contributed by atoms with Crippen LogP contribution < -0.4 is 30.9 Å². The van der Waals surface area contributed by atoms with Crippen molar-refractivity contribution in [2.75, 3.05) is 17.3 Å². The molecule has 0 spiro atoms. The normalized spacial score (nSPS) is 17.1. The first kappa shape index (κ1) is 27.3. The van der Waals surface area contributed by atoms with Gasteiger partial charge in [-0.25, -0.2) is 8.42 Å². The molecule has 10 nitrogen and oxygen atoms in total. The van der Waals surface area contributed by atoms with Crippen LogP contribution in [0.25, 0.3) is 0 Å². The summed E-state index contributed by atoms with van der Waals surface area (Å²) < 4.78 is 33.1. The van der Waals surface area contributed by atoms with Crippen LogP contribution in [0.3, 0.4) is 0 Å². The lowest BCUT2D eigenvalue weighted by Crippen LogP contribution is -2.63. The fourth-order valence-electron chi connectivity index (χ4n) is 4.71. The van der Waals surface area contributed by atoms with E-state index in [0.717, 1.165) is 0 Å². The van der Waals surface area contributed by atoms with E-state index in [2.05, 4.69) is 53.9 Å². The molecule has 5 N–H and O–H groups in total. The van der Waals surface area contributed by atoms with E-state index in [1.807, 2.05) is 0 Å². The summed E-state index contributed by atoms with van der Waals surface area (Å²) in [6.07, 6.45) is 1.41. The van der Waals surface area contributed by atoms with Gasteiger partial charge in [0.15, 0.2) is 0 Å². The highest BCUT2D eigenvalue weighted by Gasteiger charge is 2.38. The molecule has 1 aliphatic rings. The number of amides is 2. The molecule has 2 aromatic carbocycles. The predicted octanol–water partition coefficient (Wildman–Crippen LogP) is 2.67. The number of carbonyl (C=O) groups is 2. The average molecular weight is 518 g/mol. The van der Waals surface area contributed by atoms with E-state index < -0.39 is 21.8 Å². The fourth-order valence-corrected chi connectivity index (χ4v) is 5.86. The Kier molecular flexibility index (Phi) is 7.85. The third-order valence-corrected chi connectivity index (χ3v) is 7.24. The predicted molar refractivity (Wildman–Crippen MR) is 139 cm³/mol. The van der Waals surface area contributed by atoms with Crippen molar-refractivity contribution < 1.29 is 22.7 Å². The number of hydrogen-bond donors (Lipinski definition) is 5. The summed E-state index contributed by atoms with van der Waals surface area (Å²) in [5.74, 6) is -0.938. The highest BCUT2D eigenvalue weighted by atomic mass is 32.2. The molecule has 0 radical (unpaired) electrons. The van der Waals surface area contributed by atoms with Crippen LogP contribution in [0.2, 0.25) is 0 Å². The number of sulfonamides is 1. The van der Waals surface area contributed by atoms with Gasteiger partial charge in [0.2, 0.25) is 0 Å². The molecule has 0 bridgehead atoms. The molecule has 0 aliphatic carbocycles. The molecule has 3 rings (SSSR count). The van der Waals surface area contributed by atoms with Crippen molar-refractivity contribution >= 4 is 33.2 Å². The van der Waals surface area contributed by atoms with Gasteiger partial charge in [-0.15, -0.1) is 0 Å².